The van der Waals surface area contributed by atoms with Crippen molar-refractivity contribution in [2.45, 2.75) is 39.0 Å². The minimum absolute atomic E-state index is 0.409. The Hall–Kier alpha value is -1.22. The Morgan fingerprint density at radius 1 is 1.17 bits per heavy atom. The third-order valence-electron chi connectivity index (χ3n) is 2.57. The van der Waals surface area contributed by atoms with Gasteiger partial charge in [0.1, 0.15) is 0 Å². The Morgan fingerprint density at radius 2 is 1.83 bits per heavy atom. The summed E-state index contributed by atoms with van der Waals surface area (Å²) in [6.45, 7) is 2.65. The highest BCUT2D eigenvalue weighted by atomic mass is 35.5. The third kappa shape index (κ3) is 6.50. The van der Waals surface area contributed by atoms with E-state index in [0.29, 0.717) is 17.3 Å². The van der Waals surface area contributed by atoms with Crippen molar-refractivity contribution in [3.8, 4) is 0 Å². The van der Waals surface area contributed by atoms with Crippen LogP contribution in [0.4, 0.5) is 10.5 Å². The van der Waals surface area contributed by atoms with E-state index in [1.165, 1.54) is 19.3 Å². The summed E-state index contributed by atoms with van der Waals surface area (Å²) in [5.74, 6) is 0. The van der Waals surface area contributed by atoms with E-state index in [9.17, 15) is 4.79 Å². The summed E-state index contributed by atoms with van der Waals surface area (Å²) in [7, 11) is 0. The quantitative estimate of drug-likeness (QED) is 0.718. The van der Waals surface area contributed by atoms with Crippen LogP contribution < -0.4 is 5.32 Å². The summed E-state index contributed by atoms with van der Waals surface area (Å²) in [6.07, 6.45) is 5.30. The molecule has 0 heterocycles. The van der Waals surface area contributed by atoms with Crippen molar-refractivity contribution >= 4 is 23.4 Å². The fraction of sp³-hybridized carbons (Fsp3) is 0.500. The molecule has 1 aromatic carbocycles. The van der Waals surface area contributed by atoms with E-state index in [4.69, 9.17) is 16.3 Å². The number of unbranched alkanes of at least 4 members (excludes halogenated alkanes) is 4. The summed E-state index contributed by atoms with van der Waals surface area (Å²) in [5.41, 5.74) is 0.690. The number of carbonyl (C=O) groups excluding carboxylic acids is 1. The third-order valence-corrected chi connectivity index (χ3v) is 2.82. The zero-order valence-electron chi connectivity index (χ0n) is 10.7. The predicted molar refractivity (Wildman–Crippen MR) is 75.2 cm³/mol. The first kappa shape index (κ1) is 14.8. The van der Waals surface area contributed by atoms with Crippen LogP contribution in [0, 0.1) is 0 Å². The molecule has 0 aliphatic heterocycles. The van der Waals surface area contributed by atoms with E-state index >= 15 is 0 Å². The number of nitrogens with one attached hydrogen (secondary N) is 1. The maximum Gasteiger partial charge on any atom is 0.411 e. The summed E-state index contributed by atoms with van der Waals surface area (Å²) >= 11 is 5.75. The first-order chi connectivity index (χ1) is 8.72. The highest BCUT2D eigenvalue weighted by Gasteiger charge is 2.02. The van der Waals surface area contributed by atoms with Crippen molar-refractivity contribution in [2.24, 2.45) is 0 Å². The number of rotatable bonds is 7. The van der Waals surface area contributed by atoms with Gasteiger partial charge >= 0.3 is 6.09 Å². The van der Waals surface area contributed by atoms with Gasteiger partial charge in [0.25, 0.3) is 0 Å². The van der Waals surface area contributed by atoms with Crippen molar-refractivity contribution in [3.63, 3.8) is 0 Å². The van der Waals surface area contributed by atoms with E-state index in [-0.39, 0.29) is 0 Å². The van der Waals surface area contributed by atoms with Gasteiger partial charge in [-0.05, 0) is 30.7 Å². The Bertz CT molecular complexity index is 351. The first-order valence-electron chi connectivity index (χ1n) is 6.41. The number of benzene rings is 1. The van der Waals surface area contributed by atoms with Gasteiger partial charge in [0.15, 0.2) is 0 Å². The molecule has 0 aromatic heterocycles. The maximum atomic E-state index is 11.4. The molecule has 0 atom stereocenters. The van der Waals surface area contributed by atoms with Crippen molar-refractivity contribution in [1.29, 1.82) is 0 Å². The van der Waals surface area contributed by atoms with Crippen molar-refractivity contribution in [1.82, 2.24) is 0 Å². The molecular formula is C14H20ClNO2. The van der Waals surface area contributed by atoms with Gasteiger partial charge in [0.05, 0.1) is 6.61 Å². The fourth-order valence-electron chi connectivity index (χ4n) is 1.56. The van der Waals surface area contributed by atoms with E-state index < -0.39 is 6.09 Å². The Morgan fingerprint density at radius 3 is 2.50 bits per heavy atom. The standard InChI is InChI=1S/C14H20ClNO2/c1-2-3-4-5-6-11-18-14(17)16-13-9-7-12(15)8-10-13/h7-10H,2-6,11H2,1H3,(H,16,17). The lowest BCUT2D eigenvalue weighted by Gasteiger charge is -2.06. The molecule has 0 saturated heterocycles. The second-order valence-corrected chi connectivity index (χ2v) is 4.62. The molecule has 100 valence electrons. The molecular weight excluding hydrogens is 250 g/mol. The molecule has 4 heteroatoms. The number of hydrogen-bond acceptors (Lipinski definition) is 2. The van der Waals surface area contributed by atoms with Gasteiger partial charge in [-0.3, -0.25) is 5.32 Å². The van der Waals surface area contributed by atoms with Crippen LogP contribution in [0.3, 0.4) is 0 Å². The lowest BCUT2D eigenvalue weighted by molar-refractivity contribution is 0.159. The van der Waals surface area contributed by atoms with E-state index in [1.807, 2.05) is 0 Å². The van der Waals surface area contributed by atoms with Gasteiger partial charge in [0, 0.05) is 10.7 Å². The zero-order valence-corrected chi connectivity index (χ0v) is 11.5. The molecule has 3 nitrogen and oxygen atoms in total. The van der Waals surface area contributed by atoms with Gasteiger partial charge in [-0.15, -0.1) is 0 Å². The molecule has 0 aliphatic carbocycles. The lowest BCUT2D eigenvalue weighted by Crippen LogP contribution is -2.14. The van der Waals surface area contributed by atoms with Crippen LogP contribution in [0.15, 0.2) is 24.3 Å². The van der Waals surface area contributed by atoms with E-state index in [0.717, 1.165) is 12.8 Å². The molecule has 0 bridgehead atoms. The summed E-state index contributed by atoms with van der Waals surface area (Å²) < 4.78 is 5.07. The Balaban J connectivity index is 2.12. The second kappa shape index (κ2) is 8.81. The topological polar surface area (TPSA) is 38.3 Å². The molecule has 0 aliphatic rings. The molecule has 1 rings (SSSR count). The van der Waals surface area contributed by atoms with Crippen LogP contribution in [0.5, 0.6) is 0 Å². The molecule has 0 radical (unpaired) electrons. The highest BCUT2D eigenvalue weighted by molar-refractivity contribution is 6.30. The molecule has 0 saturated carbocycles. The van der Waals surface area contributed by atoms with Gasteiger partial charge in [-0.2, -0.15) is 0 Å². The van der Waals surface area contributed by atoms with Crippen LogP contribution in [-0.4, -0.2) is 12.7 Å². The number of halogens is 1. The SMILES string of the molecule is CCCCCCCOC(=O)Nc1ccc(Cl)cc1. The summed E-state index contributed by atoms with van der Waals surface area (Å²) in [6, 6.07) is 6.93. The van der Waals surface area contributed by atoms with Crippen LogP contribution in [-0.2, 0) is 4.74 Å². The summed E-state index contributed by atoms with van der Waals surface area (Å²) in [4.78, 5) is 11.4. The largest absolute Gasteiger partial charge is 0.449 e. The van der Waals surface area contributed by atoms with Crippen LogP contribution in [0.1, 0.15) is 39.0 Å². The van der Waals surface area contributed by atoms with E-state index in [1.54, 1.807) is 24.3 Å². The molecule has 1 amide bonds. The minimum atomic E-state index is -0.409. The number of carbonyl (C=O) groups is 1. The van der Waals surface area contributed by atoms with Gasteiger partial charge in [-0.25, -0.2) is 4.79 Å². The average Bonchev–Trinajstić information content (AvgIpc) is 2.36. The second-order valence-electron chi connectivity index (χ2n) is 4.18. The normalized spacial score (nSPS) is 10.1. The van der Waals surface area contributed by atoms with Crippen molar-refractivity contribution in [2.75, 3.05) is 11.9 Å². The minimum Gasteiger partial charge on any atom is -0.449 e. The Kier molecular flexibility index (Phi) is 7.26. The number of anilines is 1. The highest BCUT2D eigenvalue weighted by Crippen LogP contribution is 2.13. The monoisotopic (exact) mass is 269 g/mol. The molecule has 1 N–H and O–H groups in total. The average molecular weight is 270 g/mol. The van der Waals surface area contributed by atoms with Gasteiger partial charge < -0.3 is 4.74 Å². The van der Waals surface area contributed by atoms with Crippen LogP contribution >= 0.6 is 11.6 Å². The molecule has 1 aromatic rings. The first-order valence-corrected chi connectivity index (χ1v) is 6.79. The smallest absolute Gasteiger partial charge is 0.411 e. The molecule has 0 spiro atoms. The maximum absolute atomic E-state index is 11.4. The zero-order chi connectivity index (χ0) is 13.2. The predicted octanol–water partition coefficient (Wildman–Crippen LogP) is 4.86. The van der Waals surface area contributed by atoms with E-state index in [2.05, 4.69) is 12.2 Å². The molecule has 18 heavy (non-hydrogen) atoms. The number of ether oxygens (including phenoxy) is 1. The molecule has 0 unspecified atom stereocenters. The summed E-state index contributed by atoms with van der Waals surface area (Å²) in [5, 5.41) is 3.29. The molecule has 0 fully saturated rings. The van der Waals surface area contributed by atoms with Crippen LogP contribution in [0.2, 0.25) is 5.02 Å². The van der Waals surface area contributed by atoms with Gasteiger partial charge in [-0.1, -0.05) is 44.2 Å². The van der Waals surface area contributed by atoms with Crippen molar-refractivity contribution in [3.05, 3.63) is 29.3 Å². The van der Waals surface area contributed by atoms with Gasteiger partial charge in [0.2, 0.25) is 0 Å². The van der Waals surface area contributed by atoms with Crippen LogP contribution in [0.25, 0.3) is 0 Å². The Labute approximate surface area is 113 Å². The van der Waals surface area contributed by atoms with Crippen molar-refractivity contribution < 1.29 is 9.53 Å². The number of hydrogen-bond donors (Lipinski definition) is 1. The lowest BCUT2D eigenvalue weighted by atomic mass is 10.2. The fourth-order valence-corrected chi connectivity index (χ4v) is 1.68. The number of amides is 1.